The highest BCUT2D eigenvalue weighted by Crippen LogP contribution is 2.11. The standard InChI is InChI=1S/C18H25N3O/c1-14-9-11-20(12-10-14)13-17-15(2)19(3)21(18(17)22)16-7-5-4-6-8-16/h4-8,14H,9-13H2,1-3H3/p+1. The Morgan fingerprint density at radius 1 is 1.18 bits per heavy atom. The van der Waals surface area contributed by atoms with Crippen LogP contribution in [0.1, 0.15) is 31.0 Å². The van der Waals surface area contributed by atoms with E-state index in [1.807, 2.05) is 42.1 Å². The molecule has 1 aliphatic rings. The molecule has 2 heterocycles. The summed E-state index contributed by atoms with van der Waals surface area (Å²) in [7, 11) is 1.97. The molecule has 0 spiro atoms. The molecule has 1 fully saturated rings. The fraction of sp³-hybridized carbons (Fsp3) is 0.500. The van der Waals surface area contributed by atoms with Crippen LogP contribution in [0, 0.1) is 12.8 Å². The number of likely N-dealkylation sites (tertiary alicyclic amines) is 1. The zero-order chi connectivity index (χ0) is 15.7. The molecule has 0 saturated carbocycles. The summed E-state index contributed by atoms with van der Waals surface area (Å²) in [6.45, 7) is 7.60. The minimum atomic E-state index is 0.136. The lowest BCUT2D eigenvalue weighted by Gasteiger charge is -2.26. The van der Waals surface area contributed by atoms with E-state index in [1.165, 1.54) is 25.9 Å². The van der Waals surface area contributed by atoms with Crippen LogP contribution in [0.25, 0.3) is 5.69 Å². The monoisotopic (exact) mass is 300 g/mol. The molecule has 1 aliphatic heterocycles. The van der Waals surface area contributed by atoms with Crippen LogP contribution in [0.4, 0.5) is 0 Å². The number of nitrogens with one attached hydrogen (secondary N) is 1. The molecule has 0 atom stereocenters. The Balaban J connectivity index is 1.92. The fourth-order valence-electron chi connectivity index (χ4n) is 3.42. The Kier molecular flexibility index (Phi) is 4.21. The molecule has 118 valence electrons. The van der Waals surface area contributed by atoms with Crippen LogP contribution in [0.3, 0.4) is 0 Å². The maximum Gasteiger partial charge on any atom is 0.280 e. The Morgan fingerprint density at radius 2 is 1.82 bits per heavy atom. The van der Waals surface area contributed by atoms with Gasteiger partial charge in [-0.25, -0.2) is 4.68 Å². The molecule has 0 radical (unpaired) electrons. The van der Waals surface area contributed by atoms with Crippen LogP contribution in [-0.4, -0.2) is 22.5 Å². The van der Waals surface area contributed by atoms with Crippen LogP contribution < -0.4 is 10.5 Å². The number of benzene rings is 1. The molecule has 2 aromatic rings. The topological polar surface area (TPSA) is 31.4 Å². The first kappa shape index (κ1) is 15.1. The largest absolute Gasteiger partial charge is 0.331 e. The summed E-state index contributed by atoms with van der Waals surface area (Å²) in [4.78, 5) is 14.4. The molecule has 1 aromatic carbocycles. The van der Waals surface area contributed by atoms with Crippen molar-refractivity contribution in [1.29, 1.82) is 0 Å². The van der Waals surface area contributed by atoms with Crippen LogP contribution >= 0.6 is 0 Å². The van der Waals surface area contributed by atoms with E-state index in [0.717, 1.165) is 29.4 Å². The number of para-hydroxylation sites is 1. The van der Waals surface area contributed by atoms with Crippen molar-refractivity contribution in [1.82, 2.24) is 9.36 Å². The van der Waals surface area contributed by atoms with Crippen LogP contribution in [0.15, 0.2) is 35.1 Å². The molecule has 1 aromatic heterocycles. The summed E-state index contributed by atoms with van der Waals surface area (Å²) in [5, 5.41) is 0. The van der Waals surface area contributed by atoms with Crippen molar-refractivity contribution in [2.24, 2.45) is 13.0 Å². The Morgan fingerprint density at radius 3 is 2.45 bits per heavy atom. The van der Waals surface area contributed by atoms with Gasteiger partial charge in [-0.2, -0.15) is 0 Å². The molecule has 22 heavy (non-hydrogen) atoms. The highest BCUT2D eigenvalue weighted by molar-refractivity contribution is 5.33. The number of rotatable bonds is 3. The third-order valence-electron chi connectivity index (χ3n) is 5.08. The number of piperidine rings is 1. The summed E-state index contributed by atoms with van der Waals surface area (Å²) in [6.07, 6.45) is 2.54. The molecule has 0 unspecified atom stereocenters. The molecule has 0 bridgehead atoms. The quantitative estimate of drug-likeness (QED) is 0.910. The smallest absolute Gasteiger partial charge is 0.280 e. The molecular weight excluding hydrogens is 274 g/mol. The van der Waals surface area contributed by atoms with Gasteiger partial charge in [-0.05, 0) is 37.8 Å². The van der Waals surface area contributed by atoms with Gasteiger partial charge < -0.3 is 4.90 Å². The molecule has 1 N–H and O–H groups in total. The van der Waals surface area contributed by atoms with Gasteiger partial charge in [0.25, 0.3) is 5.56 Å². The number of hydrogen-bond acceptors (Lipinski definition) is 1. The predicted octanol–water partition coefficient (Wildman–Crippen LogP) is 1.30. The summed E-state index contributed by atoms with van der Waals surface area (Å²) < 4.78 is 3.77. The Hall–Kier alpha value is -1.81. The van der Waals surface area contributed by atoms with Crippen LogP contribution in [-0.2, 0) is 13.6 Å². The lowest BCUT2D eigenvalue weighted by Crippen LogP contribution is -3.11. The highest BCUT2D eigenvalue weighted by atomic mass is 16.1. The van der Waals surface area contributed by atoms with Crippen molar-refractivity contribution < 1.29 is 4.90 Å². The molecule has 4 nitrogen and oxygen atoms in total. The zero-order valence-corrected chi connectivity index (χ0v) is 13.8. The first-order chi connectivity index (χ1) is 10.6. The van der Waals surface area contributed by atoms with Crippen molar-refractivity contribution in [3.8, 4) is 5.69 Å². The van der Waals surface area contributed by atoms with Gasteiger partial charge in [0.1, 0.15) is 6.54 Å². The van der Waals surface area contributed by atoms with Crippen LogP contribution in [0.2, 0.25) is 0 Å². The Bertz CT molecular complexity index is 691. The second kappa shape index (κ2) is 6.13. The van der Waals surface area contributed by atoms with Gasteiger partial charge in [0.2, 0.25) is 0 Å². The van der Waals surface area contributed by atoms with E-state index in [0.29, 0.717) is 0 Å². The minimum absolute atomic E-state index is 0.136. The lowest BCUT2D eigenvalue weighted by molar-refractivity contribution is -0.919. The van der Waals surface area contributed by atoms with Gasteiger partial charge in [-0.3, -0.25) is 9.48 Å². The van der Waals surface area contributed by atoms with E-state index in [1.54, 1.807) is 9.58 Å². The number of hydrogen-bond donors (Lipinski definition) is 1. The Labute approximate surface area is 132 Å². The average Bonchev–Trinajstić information content (AvgIpc) is 2.74. The average molecular weight is 300 g/mol. The van der Waals surface area contributed by atoms with Gasteiger partial charge in [0.15, 0.2) is 0 Å². The number of nitrogens with zero attached hydrogens (tertiary/aromatic N) is 2. The zero-order valence-electron chi connectivity index (χ0n) is 13.8. The van der Waals surface area contributed by atoms with Crippen molar-refractivity contribution in [3.05, 3.63) is 51.9 Å². The maximum absolute atomic E-state index is 12.9. The molecule has 0 aliphatic carbocycles. The highest BCUT2D eigenvalue weighted by Gasteiger charge is 2.24. The molecule has 4 heteroatoms. The second-order valence-corrected chi connectivity index (χ2v) is 6.65. The van der Waals surface area contributed by atoms with Gasteiger partial charge in [0, 0.05) is 12.7 Å². The van der Waals surface area contributed by atoms with E-state index in [2.05, 4.69) is 13.8 Å². The lowest BCUT2D eigenvalue weighted by atomic mass is 9.99. The van der Waals surface area contributed by atoms with Gasteiger partial charge >= 0.3 is 0 Å². The van der Waals surface area contributed by atoms with Crippen molar-refractivity contribution >= 4 is 0 Å². The molecule has 0 amide bonds. The molecule has 1 saturated heterocycles. The molecular formula is C18H26N3O+. The van der Waals surface area contributed by atoms with Crippen LogP contribution in [0.5, 0.6) is 0 Å². The van der Waals surface area contributed by atoms with Crippen molar-refractivity contribution in [2.75, 3.05) is 13.1 Å². The second-order valence-electron chi connectivity index (χ2n) is 6.65. The van der Waals surface area contributed by atoms with Crippen molar-refractivity contribution in [2.45, 2.75) is 33.2 Å². The minimum Gasteiger partial charge on any atom is -0.331 e. The summed E-state index contributed by atoms with van der Waals surface area (Å²) in [6, 6.07) is 9.90. The summed E-state index contributed by atoms with van der Waals surface area (Å²) in [5.41, 5.74) is 3.12. The first-order valence-corrected chi connectivity index (χ1v) is 8.24. The summed E-state index contributed by atoms with van der Waals surface area (Å²) >= 11 is 0. The molecule has 3 rings (SSSR count). The normalized spacial score (nSPS) is 22.0. The van der Waals surface area contributed by atoms with Gasteiger partial charge in [0.05, 0.1) is 24.3 Å². The third-order valence-corrected chi connectivity index (χ3v) is 5.08. The summed E-state index contributed by atoms with van der Waals surface area (Å²) in [5.74, 6) is 0.835. The van der Waals surface area contributed by atoms with E-state index >= 15 is 0 Å². The van der Waals surface area contributed by atoms with E-state index in [4.69, 9.17) is 0 Å². The number of quaternary nitrogens is 1. The van der Waals surface area contributed by atoms with E-state index < -0.39 is 0 Å². The fourth-order valence-corrected chi connectivity index (χ4v) is 3.42. The van der Waals surface area contributed by atoms with Crippen molar-refractivity contribution in [3.63, 3.8) is 0 Å². The first-order valence-electron chi connectivity index (χ1n) is 8.24. The SMILES string of the molecule is Cc1c(C[NH+]2CCC(C)CC2)c(=O)n(-c2ccccc2)n1C. The maximum atomic E-state index is 12.9. The van der Waals surface area contributed by atoms with E-state index in [9.17, 15) is 4.79 Å². The van der Waals surface area contributed by atoms with Gasteiger partial charge in [-0.15, -0.1) is 0 Å². The third kappa shape index (κ3) is 2.75. The number of aromatic nitrogens is 2. The predicted molar refractivity (Wildman–Crippen MR) is 88.5 cm³/mol. The van der Waals surface area contributed by atoms with E-state index in [-0.39, 0.29) is 5.56 Å². The van der Waals surface area contributed by atoms with Gasteiger partial charge in [-0.1, -0.05) is 25.1 Å².